The fraction of sp³-hybridized carbons (Fsp3) is 0.312. The van der Waals surface area contributed by atoms with Crippen LogP contribution in [-0.4, -0.2) is 27.7 Å². The molecule has 24 heavy (non-hydrogen) atoms. The molecule has 8 heteroatoms. The lowest BCUT2D eigenvalue weighted by molar-refractivity contribution is 0.0514. The Bertz CT molecular complexity index is 834. The Labute approximate surface area is 148 Å². The predicted octanol–water partition coefficient (Wildman–Crippen LogP) is 4.21. The van der Waals surface area contributed by atoms with Crippen LogP contribution >= 0.6 is 23.2 Å². The molecule has 2 heterocycles. The van der Waals surface area contributed by atoms with Gasteiger partial charge in [0.2, 0.25) is 0 Å². The van der Waals surface area contributed by atoms with Crippen LogP contribution in [0.15, 0.2) is 22.7 Å². The summed E-state index contributed by atoms with van der Waals surface area (Å²) in [7, 11) is 0. The number of nitrogens with zero attached hydrogens (tertiary/aromatic N) is 2. The monoisotopic (exact) mass is 367 g/mol. The molecule has 0 unspecified atom stereocenters. The number of aryl methyl sites for hydroxylation is 2. The summed E-state index contributed by atoms with van der Waals surface area (Å²) in [5, 5.41) is 4.69. The van der Waals surface area contributed by atoms with E-state index in [1.165, 1.54) is 0 Å². The van der Waals surface area contributed by atoms with Crippen LogP contribution in [0.2, 0.25) is 10.0 Å². The van der Waals surface area contributed by atoms with Gasteiger partial charge in [-0.1, -0.05) is 28.4 Å². The molecule has 2 aromatic heterocycles. The van der Waals surface area contributed by atoms with E-state index in [0.29, 0.717) is 28.8 Å². The summed E-state index contributed by atoms with van der Waals surface area (Å²) < 4.78 is 10.0. The molecule has 0 bridgehead atoms. The molecule has 0 radical (unpaired) electrons. The molecule has 1 N–H and O–H groups in total. The molecule has 0 fully saturated rings. The second kappa shape index (κ2) is 7.23. The first-order chi connectivity index (χ1) is 11.6. The zero-order chi connectivity index (χ0) is 17.1. The average molecular weight is 368 g/mol. The average Bonchev–Trinajstić information content (AvgIpc) is 3.15. The molecule has 0 amide bonds. The minimum Gasteiger partial charge on any atom is -0.461 e. The summed E-state index contributed by atoms with van der Waals surface area (Å²) in [6.07, 6.45) is 2.16. The van der Waals surface area contributed by atoms with Crippen LogP contribution < -0.4 is 0 Å². The molecule has 0 aliphatic rings. The van der Waals surface area contributed by atoms with E-state index in [9.17, 15) is 4.79 Å². The van der Waals surface area contributed by atoms with Crippen LogP contribution in [0.4, 0.5) is 0 Å². The number of rotatable bonds is 6. The number of halogens is 2. The van der Waals surface area contributed by atoms with Crippen molar-refractivity contribution in [2.75, 3.05) is 6.61 Å². The van der Waals surface area contributed by atoms with Gasteiger partial charge in [0.05, 0.1) is 27.7 Å². The number of fused-ring (bicyclic) bond motifs is 1. The summed E-state index contributed by atoms with van der Waals surface area (Å²) in [6, 6.07) is 5.11. The van der Waals surface area contributed by atoms with Gasteiger partial charge in [0, 0.05) is 18.9 Å². The Balaban J connectivity index is 1.59. The molecule has 0 atom stereocenters. The maximum atomic E-state index is 11.5. The molecule has 0 aliphatic carbocycles. The summed E-state index contributed by atoms with van der Waals surface area (Å²) in [5.41, 5.74) is 1.83. The van der Waals surface area contributed by atoms with Gasteiger partial charge in [-0.05, 0) is 25.5 Å². The maximum Gasteiger partial charge on any atom is 0.360 e. The van der Waals surface area contributed by atoms with Crippen molar-refractivity contribution in [2.45, 2.75) is 26.2 Å². The topological polar surface area (TPSA) is 81.0 Å². The second-order valence-electron chi connectivity index (χ2n) is 5.22. The molecule has 6 nitrogen and oxygen atoms in total. The van der Waals surface area contributed by atoms with E-state index >= 15 is 0 Å². The van der Waals surface area contributed by atoms with Crippen molar-refractivity contribution < 1.29 is 14.1 Å². The Morgan fingerprint density at radius 1 is 1.25 bits per heavy atom. The van der Waals surface area contributed by atoms with Crippen LogP contribution in [0.1, 0.15) is 35.4 Å². The van der Waals surface area contributed by atoms with Crippen LogP contribution in [-0.2, 0) is 17.6 Å². The van der Waals surface area contributed by atoms with Gasteiger partial charge in [-0.25, -0.2) is 9.78 Å². The number of aromatic amines is 1. The Morgan fingerprint density at radius 3 is 2.83 bits per heavy atom. The number of ether oxygens (including phenoxy) is 1. The van der Waals surface area contributed by atoms with Gasteiger partial charge in [-0.2, -0.15) is 0 Å². The van der Waals surface area contributed by atoms with E-state index < -0.39 is 5.97 Å². The first-order valence-electron chi connectivity index (χ1n) is 7.53. The van der Waals surface area contributed by atoms with Crippen LogP contribution in [0.5, 0.6) is 0 Å². The number of H-pyrrole nitrogens is 1. The highest BCUT2D eigenvalue weighted by molar-refractivity contribution is 6.42. The smallest absolute Gasteiger partial charge is 0.360 e. The van der Waals surface area contributed by atoms with Crippen molar-refractivity contribution in [3.8, 4) is 0 Å². The predicted molar refractivity (Wildman–Crippen MR) is 90.6 cm³/mol. The molecular formula is C16H15Cl2N3O3. The highest BCUT2D eigenvalue weighted by Gasteiger charge is 2.13. The number of hydrogen-bond acceptors (Lipinski definition) is 5. The molecule has 0 spiro atoms. The molecule has 0 aliphatic heterocycles. The summed E-state index contributed by atoms with van der Waals surface area (Å²) in [4.78, 5) is 19.2. The zero-order valence-corrected chi connectivity index (χ0v) is 14.4. The normalized spacial score (nSPS) is 11.1. The van der Waals surface area contributed by atoms with E-state index in [-0.39, 0.29) is 5.69 Å². The molecule has 0 saturated carbocycles. The van der Waals surface area contributed by atoms with Crippen molar-refractivity contribution in [1.82, 2.24) is 15.1 Å². The molecular weight excluding hydrogens is 353 g/mol. The van der Waals surface area contributed by atoms with Crippen molar-refractivity contribution in [1.29, 1.82) is 0 Å². The van der Waals surface area contributed by atoms with E-state index in [2.05, 4.69) is 15.1 Å². The molecule has 1 aromatic carbocycles. The summed E-state index contributed by atoms with van der Waals surface area (Å²) in [5.74, 6) is 1.01. The van der Waals surface area contributed by atoms with Gasteiger partial charge < -0.3 is 14.2 Å². The van der Waals surface area contributed by atoms with Gasteiger partial charge in [-0.15, -0.1) is 0 Å². The molecule has 0 saturated heterocycles. The third-order valence-electron chi connectivity index (χ3n) is 3.45. The van der Waals surface area contributed by atoms with Crippen LogP contribution in [0.3, 0.4) is 0 Å². The minimum absolute atomic E-state index is 0.194. The zero-order valence-electron chi connectivity index (χ0n) is 12.9. The first kappa shape index (κ1) is 16.8. The van der Waals surface area contributed by atoms with E-state index in [4.69, 9.17) is 32.5 Å². The number of carbonyl (C=O) groups is 1. The quantitative estimate of drug-likeness (QED) is 0.659. The minimum atomic E-state index is -0.474. The number of benzene rings is 1. The first-order valence-corrected chi connectivity index (χ1v) is 8.28. The lowest BCUT2D eigenvalue weighted by Gasteiger charge is -1.95. The van der Waals surface area contributed by atoms with Crippen molar-refractivity contribution >= 4 is 40.2 Å². The third-order valence-corrected chi connectivity index (χ3v) is 4.18. The largest absolute Gasteiger partial charge is 0.461 e. The Morgan fingerprint density at radius 2 is 2.04 bits per heavy atom. The SMILES string of the molecule is CCOC(=O)c1cc(CCCc2nc3cc(Cl)c(Cl)cc3[nH]2)on1. The van der Waals surface area contributed by atoms with Gasteiger partial charge >= 0.3 is 5.97 Å². The summed E-state index contributed by atoms with van der Waals surface area (Å²) in [6.45, 7) is 2.05. The molecule has 3 rings (SSSR count). The number of carbonyl (C=O) groups excluding carboxylic acids is 1. The maximum absolute atomic E-state index is 11.5. The number of aromatic nitrogens is 3. The number of hydrogen-bond donors (Lipinski definition) is 1. The molecule has 126 valence electrons. The number of nitrogens with one attached hydrogen (secondary N) is 1. The van der Waals surface area contributed by atoms with Crippen molar-refractivity contribution in [2.24, 2.45) is 0 Å². The van der Waals surface area contributed by atoms with Crippen LogP contribution in [0, 0.1) is 0 Å². The lowest BCUT2D eigenvalue weighted by atomic mass is 10.2. The number of esters is 1. The van der Waals surface area contributed by atoms with E-state index in [0.717, 1.165) is 29.7 Å². The fourth-order valence-electron chi connectivity index (χ4n) is 2.34. The van der Waals surface area contributed by atoms with Gasteiger partial charge in [0.15, 0.2) is 5.69 Å². The highest BCUT2D eigenvalue weighted by Crippen LogP contribution is 2.26. The van der Waals surface area contributed by atoms with Gasteiger partial charge in [-0.3, -0.25) is 0 Å². The van der Waals surface area contributed by atoms with Gasteiger partial charge in [0.1, 0.15) is 11.6 Å². The van der Waals surface area contributed by atoms with E-state index in [1.54, 1.807) is 25.1 Å². The third kappa shape index (κ3) is 3.71. The van der Waals surface area contributed by atoms with Crippen LogP contribution in [0.25, 0.3) is 11.0 Å². The lowest BCUT2D eigenvalue weighted by Crippen LogP contribution is -2.04. The Hall–Kier alpha value is -2.05. The fourth-order valence-corrected chi connectivity index (χ4v) is 2.66. The van der Waals surface area contributed by atoms with Crippen molar-refractivity contribution in [3.05, 3.63) is 45.5 Å². The highest BCUT2D eigenvalue weighted by atomic mass is 35.5. The summed E-state index contributed by atoms with van der Waals surface area (Å²) >= 11 is 12.0. The standard InChI is InChI=1S/C16H15Cl2N3O3/c1-2-23-16(22)14-6-9(24-21-14)4-3-5-15-19-12-7-10(17)11(18)8-13(12)20-15/h6-8H,2-5H2,1H3,(H,19,20). The molecule has 3 aromatic rings. The van der Waals surface area contributed by atoms with Crippen molar-refractivity contribution in [3.63, 3.8) is 0 Å². The van der Waals surface area contributed by atoms with Gasteiger partial charge in [0.25, 0.3) is 0 Å². The number of imidazole rings is 1. The van der Waals surface area contributed by atoms with E-state index in [1.807, 2.05) is 0 Å². The Kier molecular flexibility index (Phi) is 5.06. The second-order valence-corrected chi connectivity index (χ2v) is 6.03.